The average Bonchev–Trinajstić information content (AvgIpc) is 2.29. The predicted octanol–water partition coefficient (Wildman–Crippen LogP) is 2.25. The van der Waals surface area contributed by atoms with Gasteiger partial charge < -0.3 is 10.2 Å². The Balaban J connectivity index is 1.67. The fourth-order valence-electron chi connectivity index (χ4n) is 3.01. The minimum absolute atomic E-state index is 0.843. The van der Waals surface area contributed by atoms with E-state index in [2.05, 4.69) is 17.1 Å². The largest absolute Gasteiger partial charge is 0.316 e. The third kappa shape index (κ3) is 3.46. The molecule has 2 aliphatic heterocycles. The van der Waals surface area contributed by atoms with Crippen molar-refractivity contribution in [3.63, 3.8) is 0 Å². The minimum Gasteiger partial charge on any atom is -0.316 e. The quantitative estimate of drug-likeness (QED) is 0.768. The molecule has 1 N–H and O–H groups in total. The summed E-state index contributed by atoms with van der Waals surface area (Å²) in [5.74, 6) is 0.952. The van der Waals surface area contributed by atoms with Crippen LogP contribution in [0.3, 0.4) is 0 Å². The lowest BCUT2D eigenvalue weighted by molar-refractivity contribution is 0.146. The molecule has 2 rings (SSSR count). The molecule has 0 radical (unpaired) electrons. The second-order valence-corrected chi connectivity index (χ2v) is 5.38. The van der Waals surface area contributed by atoms with Crippen molar-refractivity contribution in [3.8, 4) is 0 Å². The molecule has 2 heterocycles. The highest BCUT2D eigenvalue weighted by Crippen LogP contribution is 2.20. The van der Waals surface area contributed by atoms with E-state index >= 15 is 0 Å². The number of hydrogen-bond acceptors (Lipinski definition) is 2. The zero-order chi connectivity index (χ0) is 10.5. The van der Waals surface area contributed by atoms with Crippen molar-refractivity contribution in [1.29, 1.82) is 0 Å². The SMILES string of the molecule is C[C@@H]1CCCCN1CC[C@@H]1CCCNC1. The number of nitrogens with zero attached hydrogens (tertiary/aromatic N) is 1. The van der Waals surface area contributed by atoms with E-state index in [0.29, 0.717) is 0 Å². The summed E-state index contributed by atoms with van der Waals surface area (Å²) in [7, 11) is 0. The summed E-state index contributed by atoms with van der Waals surface area (Å²) in [4.78, 5) is 2.71. The van der Waals surface area contributed by atoms with Crippen molar-refractivity contribution in [3.05, 3.63) is 0 Å². The van der Waals surface area contributed by atoms with Crippen LogP contribution in [0.2, 0.25) is 0 Å². The van der Waals surface area contributed by atoms with Crippen LogP contribution < -0.4 is 5.32 Å². The van der Waals surface area contributed by atoms with Gasteiger partial charge in [0.1, 0.15) is 0 Å². The molecule has 0 saturated carbocycles. The maximum absolute atomic E-state index is 3.52. The molecule has 2 atom stereocenters. The van der Waals surface area contributed by atoms with E-state index in [1.54, 1.807) is 0 Å². The van der Waals surface area contributed by atoms with Gasteiger partial charge in [0.25, 0.3) is 0 Å². The predicted molar refractivity (Wildman–Crippen MR) is 65.1 cm³/mol. The van der Waals surface area contributed by atoms with Crippen LogP contribution in [0.15, 0.2) is 0 Å². The Morgan fingerprint density at radius 3 is 2.87 bits per heavy atom. The van der Waals surface area contributed by atoms with Gasteiger partial charge in [0, 0.05) is 6.04 Å². The van der Waals surface area contributed by atoms with Crippen LogP contribution in [-0.2, 0) is 0 Å². The molecular weight excluding hydrogens is 184 g/mol. The lowest BCUT2D eigenvalue weighted by Crippen LogP contribution is -2.40. The Labute approximate surface area is 94.4 Å². The first kappa shape index (κ1) is 11.4. The topological polar surface area (TPSA) is 15.3 Å². The number of piperidine rings is 2. The molecule has 0 bridgehead atoms. The highest BCUT2D eigenvalue weighted by atomic mass is 15.2. The Kier molecular flexibility index (Phi) is 4.45. The van der Waals surface area contributed by atoms with Crippen molar-refractivity contribution in [2.45, 2.75) is 51.5 Å². The van der Waals surface area contributed by atoms with Gasteiger partial charge in [-0.25, -0.2) is 0 Å². The van der Waals surface area contributed by atoms with E-state index in [9.17, 15) is 0 Å². The van der Waals surface area contributed by atoms with Gasteiger partial charge in [-0.05, 0) is 71.1 Å². The Morgan fingerprint density at radius 1 is 1.20 bits per heavy atom. The van der Waals surface area contributed by atoms with Gasteiger partial charge in [0.2, 0.25) is 0 Å². The van der Waals surface area contributed by atoms with Gasteiger partial charge >= 0.3 is 0 Å². The molecule has 2 fully saturated rings. The Hall–Kier alpha value is -0.0800. The van der Waals surface area contributed by atoms with Crippen LogP contribution in [-0.4, -0.2) is 37.1 Å². The van der Waals surface area contributed by atoms with Crippen molar-refractivity contribution in [2.24, 2.45) is 5.92 Å². The molecule has 2 aliphatic rings. The van der Waals surface area contributed by atoms with Crippen LogP contribution >= 0.6 is 0 Å². The highest BCUT2D eigenvalue weighted by Gasteiger charge is 2.20. The van der Waals surface area contributed by atoms with Crippen molar-refractivity contribution >= 4 is 0 Å². The first-order valence-corrected chi connectivity index (χ1v) is 6.81. The zero-order valence-electron chi connectivity index (χ0n) is 10.2. The summed E-state index contributed by atoms with van der Waals surface area (Å²) in [6.45, 7) is 7.60. The molecule has 88 valence electrons. The summed E-state index contributed by atoms with van der Waals surface area (Å²) >= 11 is 0. The second-order valence-electron chi connectivity index (χ2n) is 5.38. The minimum atomic E-state index is 0.843. The molecule has 2 saturated heterocycles. The standard InChI is InChI=1S/C13H26N2/c1-12-5-2-3-9-15(12)10-7-13-6-4-8-14-11-13/h12-14H,2-11H2,1H3/t12-,13+/m1/s1. The molecule has 2 nitrogen and oxygen atoms in total. The number of likely N-dealkylation sites (tertiary alicyclic amines) is 1. The van der Waals surface area contributed by atoms with Gasteiger partial charge in [0.05, 0.1) is 0 Å². The van der Waals surface area contributed by atoms with Gasteiger partial charge in [-0.1, -0.05) is 6.42 Å². The summed E-state index contributed by atoms with van der Waals surface area (Å²) in [6.07, 6.45) is 8.55. The zero-order valence-corrected chi connectivity index (χ0v) is 10.2. The third-order valence-corrected chi connectivity index (χ3v) is 4.16. The fraction of sp³-hybridized carbons (Fsp3) is 1.00. The normalized spacial score (nSPS) is 34.2. The van der Waals surface area contributed by atoms with E-state index < -0.39 is 0 Å². The lowest BCUT2D eigenvalue weighted by Gasteiger charge is -2.35. The maximum Gasteiger partial charge on any atom is 0.00669 e. The van der Waals surface area contributed by atoms with E-state index in [-0.39, 0.29) is 0 Å². The first-order valence-electron chi connectivity index (χ1n) is 6.81. The molecule has 0 spiro atoms. The molecule has 15 heavy (non-hydrogen) atoms. The highest BCUT2D eigenvalue weighted by molar-refractivity contribution is 4.76. The molecule has 0 aromatic carbocycles. The summed E-state index contributed by atoms with van der Waals surface area (Å²) in [5, 5.41) is 3.52. The van der Waals surface area contributed by atoms with E-state index in [1.165, 1.54) is 64.7 Å². The van der Waals surface area contributed by atoms with Crippen LogP contribution in [0, 0.1) is 5.92 Å². The molecule has 0 amide bonds. The second kappa shape index (κ2) is 5.86. The fourth-order valence-corrected chi connectivity index (χ4v) is 3.01. The number of rotatable bonds is 3. The molecule has 0 aromatic rings. The monoisotopic (exact) mass is 210 g/mol. The Morgan fingerprint density at radius 2 is 2.13 bits per heavy atom. The van der Waals surface area contributed by atoms with Crippen LogP contribution in [0.25, 0.3) is 0 Å². The van der Waals surface area contributed by atoms with Crippen LogP contribution in [0.5, 0.6) is 0 Å². The number of hydrogen-bond donors (Lipinski definition) is 1. The van der Waals surface area contributed by atoms with Gasteiger partial charge in [-0.3, -0.25) is 0 Å². The molecular formula is C13H26N2. The molecule has 0 aliphatic carbocycles. The van der Waals surface area contributed by atoms with Crippen molar-refractivity contribution < 1.29 is 0 Å². The van der Waals surface area contributed by atoms with E-state index in [4.69, 9.17) is 0 Å². The van der Waals surface area contributed by atoms with Crippen molar-refractivity contribution in [1.82, 2.24) is 10.2 Å². The average molecular weight is 210 g/mol. The summed E-state index contributed by atoms with van der Waals surface area (Å²) < 4.78 is 0. The Bertz CT molecular complexity index is 175. The first-order chi connectivity index (χ1) is 7.36. The van der Waals surface area contributed by atoms with E-state index in [1.807, 2.05) is 0 Å². The maximum atomic E-state index is 3.52. The summed E-state index contributed by atoms with van der Waals surface area (Å²) in [6, 6.07) is 0.843. The third-order valence-electron chi connectivity index (χ3n) is 4.16. The van der Waals surface area contributed by atoms with Crippen LogP contribution in [0.1, 0.15) is 45.4 Å². The van der Waals surface area contributed by atoms with Gasteiger partial charge in [0.15, 0.2) is 0 Å². The molecule has 0 unspecified atom stereocenters. The van der Waals surface area contributed by atoms with Crippen LogP contribution in [0.4, 0.5) is 0 Å². The molecule has 0 aromatic heterocycles. The summed E-state index contributed by atoms with van der Waals surface area (Å²) in [5.41, 5.74) is 0. The smallest absolute Gasteiger partial charge is 0.00669 e. The van der Waals surface area contributed by atoms with E-state index in [0.717, 1.165) is 12.0 Å². The van der Waals surface area contributed by atoms with Gasteiger partial charge in [-0.2, -0.15) is 0 Å². The van der Waals surface area contributed by atoms with Crippen molar-refractivity contribution in [2.75, 3.05) is 26.2 Å². The van der Waals surface area contributed by atoms with Gasteiger partial charge in [-0.15, -0.1) is 0 Å². The lowest BCUT2D eigenvalue weighted by atomic mass is 9.95. The molecule has 2 heteroatoms. The number of nitrogens with one attached hydrogen (secondary N) is 1.